The van der Waals surface area contributed by atoms with Crippen molar-refractivity contribution in [3.8, 4) is 0 Å². The first kappa shape index (κ1) is 12.3. The molecule has 0 saturated heterocycles. The van der Waals surface area contributed by atoms with Crippen LogP contribution in [0.1, 0.15) is 12.6 Å². The number of hydrogen-bond acceptors (Lipinski definition) is 3. The van der Waals surface area contributed by atoms with E-state index in [-0.39, 0.29) is 11.4 Å². The van der Waals surface area contributed by atoms with Gasteiger partial charge in [-0.05, 0) is 12.5 Å². The molecule has 1 aromatic heterocycles. The van der Waals surface area contributed by atoms with E-state index in [0.29, 0.717) is 12.1 Å². The molecule has 0 amide bonds. The normalized spacial score (nSPS) is 10.7. The molecule has 4 nitrogen and oxygen atoms in total. The highest BCUT2D eigenvalue weighted by Gasteiger charge is 2.11. The second-order valence-electron chi connectivity index (χ2n) is 3.99. The van der Waals surface area contributed by atoms with Crippen molar-refractivity contribution in [1.82, 2.24) is 9.78 Å². The predicted molar refractivity (Wildman–Crippen MR) is 66.6 cm³/mol. The number of nitrogen functional groups attached to an aromatic ring is 1. The highest BCUT2D eigenvalue weighted by atomic mass is 19.1. The summed E-state index contributed by atoms with van der Waals surface area (Å²) in [4.78, 5) is 0. The van der Waals surface area contributed by atoms with Crippen LogP contribution in [-0.4, -0.2) is 9.78 Å². The first-order valence-electron chi connectivity index (χ1n) is 5.55. The van der Waals surface area contributed by atoms with Crippen LogP contribution in [0, 0.1) is 11.6 Å². The lowest BCUT2D eigenvalue weighted by Gasteiger charge is -2.09. The van der Waals surface area contributed by atoms with Crippen molar-refractivity contribution in [2.75, 3.05) is 11.1 Å². The third-order valence-electron chi connectivity index (χ3n) is 2.60. The molecule has 0 aliphatic carbocycles. The number of rotatable bonds is 3. The van der Waals surface area contributed by atoms with Crippen LogP contribution in [0.2, 0.25) is 0 Å². The number of halogens is 2. The first-order chi connectivity index (χ1) is 8.51. The van der Waals surface area contributed by atoms with Gasteiger partial charge in [0.25, 0.3) is 0 Å². The van der Waals surface area contributed by atoms with Gasteiger partial charge >= 0.3 is 0 Å². The fourth-order valence-electron chi connectivity index (χ4n) is 1.73. The van der Waals surface area contributed by atoms with E-state index in [9.17, 15) is 8.78 Å². The molecule has 0 saturated carbocycles. The second kappa shape index (κ2) is 4.64. The van der Waals surface area contributed by atoms with Crippen molar-refractivity contribution >= 4 is 17.1 Å². The average Bonchev–Trinajstić information content (AvgIpc) is 2.65. The summed E-state index contributed by atoms with van der Waals surface area (Å²) in [5.41, 5.74) is 7.16. The highest BCUT2D eigenvalue weighted by Crippen LogP contribution is 2.28. The summed E-state index contributed by atoms with van der Waals surface area (Å²) in [6.45, 7) is 1.95. The van der Waals surface area contributed by atoms with Crippen molar-refractivity contribution < 1.29 is 8.78 Å². The minimum atomic E-state index is -0.778. The number of aromatic nitrogens is 2. The summed E-state index contributed by atoms with van der Waals surface area (Å²) in [5, 5.41) is 7.13. The van der Waals surface area contributed by atoms with Crippen LogP contribution in [0.3, 0.4) is 0 Å². The molecule has 1 aromatic carbocycles. The molecule has 0 atom stereocenters. The van der Waals surface area contributed by atoms with E-state index in [0.717, 1.165) is 17.8 Å². The van der Waals surface area contributed by atoms with Gasteiger partial charge in [-0.2, -0.15) is 5.10 Å². The molecule has 0 fully saturated rings. The molecule has 0 bridgehead atoms. The Hall–Kier alpha value is -2.11. The highest BCUT2D eigenvalue weighted by molar-refractivity contribution is 5.73. The topological polar surface area (TPSA) is 55.9 Å². The summed E-state index contributed by atoms with van der Waals surface area (Å²) in [7, 11) is 1.78. The smallest absolute Gasteiger partial charge is 0.151 e. The summed E-state index contributed by atoms with van der Waals surface area (Å²) in [5.74, 6) is -1.45. The van der Waals surface area contributed by atoms with Crippen LogP contribution < -0.4 is 11.1 Å². The van der Waals surface area contributed by atoms with Gasteiger partial charge in [0, 0.05) is 19.3 Å². The maximum absolute atomic E-state index is 13.3. The molecule has 0 aliphatic heterocycles. The Bertz CT molecular complexity index is 578. The lowest BCUT2D eigenvalue weighted by atomic mass is 10.2. The standard InChI is InChI=1S/C12H14F2N4/c1-3-9-11(6-18(2)17-9)16-10-5-7(13)4-8(14)12(10)15/h4-6,16H,3,15H2,1-2H3. The fraction of sp³-hybridized carbons (Fsp3) is 0.250. The van der Waals surface area contributed by atoms with Gasteiger partial charge in [-0.1, -0.05) is 6.92 Å². The van der Waals surface area contributed by atoms with Crippen LogP contribution in [0.15, 0.2) is 18.3 Å². The van der Waals surface area contributed by atoms with Crippen molar-refractivity contribution in [2.45, 2.75) is 13.3 Å². The van der Waals surface area contributed by atoms with E-state index in [1.54, 1.807) is 17.9 Å². The molecule has 2 rings (SSSR count). The van der Waals surface area contributed by atoms with E-state index in [4.69, 9.17) is 5.73 Å². The number of aryl methyl sites for hydroxylation is 2. The fourth-order valence-corrected chi connectivity index (χ4v) is 1.73. The van der Waals surface area contributed by atoms with Crippen molar-refractivity contribution in [1.29, 1.82) is 0 Å². The quantitative estimate of drug-likeness (QED) is 0.825. The Morgan fingerprint density at radius 2 is 2.06 bits per heavy atom. The molecular weight excluding hydrogens is 238 g/mol. The number of hydrogen-bond donors (Lipinski definition) is 2. The zero-order valence-corrected chi connectivity index (χ0v) is 10.2. The Morgan fingerprint density at radius 3 is 2.72 bits per heavy atom. The molecule has 18 heavy (non-hydrogen) atoms. The predicted octanol–water partition coefficient (Wildman–Crippen LogP) is 2.59. The third kappa shape index (κ3) is 2.27. The average molecular weight is 252 g/mol. The van der Waals surface area contributed by atoms with Gasteiger partial charge in [0.15, 0.2) is 5.82 Å². The second-order valence-corrected chi connectivity index (χ2v) is 3.99. The van der Waals surface area contributed by atoms with Crippen LogP contribution in [0.4, 0.5) is 25.8 Å². The van der Waals surface area contributed by atoms with Gasteiger partial charge in [-0.25, -0.2) is 8.78 Å². The Labute approximate surface area is 103 Å². The molecule has 0 radical (unpaired) electrons. The molecule has 3 N–H and O–H groups in total. The molecule has 1 heterocycles. The molecule has 6 heteroatoms. The summed E-state index contributed by atoms with van der Waals surface area (Å²) in [6.07, 6.45) is 2.45. The van der Waals surface area contributed by atoms with E-state index >= 15 is 0 Å². The maximum atomic E-state index is 13.3. The summed E-state index contributed by atoms with van der Waals surface area (Å²) < 4.78 is 28.1. The first-order valence-corrected chi connectivity index (χ1v) is 5.55. The van der Waals surface area contributed by atoms with Crippen molar-refractivity contribution in [3.05, 3.63) is 35.7 Å². The monoisotopic (exact) mass is 252 g/mol. The third-order valence-corrected chi connectivity index (χ3v) is 2.60. The Balaban J connectivity index is 2.39. The maximum Gasteiger partial charge on any atom is 0.151 e. The Morgan fingerprint density at radius 1 is 1.33 bits per heavy atom. The molecule has 2 aromatic rings. The van der Waals surface area contributed by atoms with Gasteiger partial charge in [0.1, 0.15) is 5.82 Å². The number of anilines is 3. The van der Waals surface area contributed by atoms with E-state index in [1.165, 1.54) is 0 Å². The van der Waals surface area contributed by atoms with Crippen molar-refractivity contribution in [2.24, 2.45) is 7.05 Å². The molecule has 96 valence electrons. The van der Waals surface area contributed by atoms with Crippen molar-refractivity contribution in [3.63, 3.8) is 0 Å². The van der Waals surface area contributed by atoms with Gasteiger partial charge < -0.3 is 11.1 Å². The number of benzene rings is 1. The van der Waals surface area contributed by atoms with Gasteiger partial charge in [-0.3, -0.25) is 4.68 Å². The minimum Gasteiger partial charge on any atom is -0.395 e. The zero-order valence-electron chi connectivity index (χ0n) is 10.2. The van der Waals surface area contributed by atoms with Crippen LogP contribution in [0.5, 0.6) is 0 Å². The largest absolute Gasteiger partial charge is 0.395 e. The van der Waals surface area contributed by atoms with Crippen LogP contribution in [-0.2, 0) is 13.5 Å². The molecule has 0 aliphatic rings. The van der Waals surface area contributed by atoms with Gasteiger partial charge in [0.05, 0.1) is 22.8 Å². The molecule has 0 spiro atoms. The number of nitrogens with two attached hydrogens (primary N) is 1. The van der Waals surface area contributed by atoms with E-state index < -0.39 is 11.6 Å². The lowest BCUT2D eigenvalue weighted by Crippen LogP contribution is -2.01. The van der Waals surface area contributed by atoms with E-state index in [2.05, 4.69) is 10.4 Å². The minimum absolute atomic E-state index is 0.109. The summed E-state index contributed by atoms with van der Waals surface area (Å²) in [6, 6.07) is 1.91. The SMILES string of the molecule is CCc1nn(C)cc1Nc1cc(F)cc(F)c1N. The van der Waals surface area contributed by atoms with Gasteiger partial charge in [0.2, 0.25) is 0 Å². The Kier molecular flexibility index (Phi) is 3.18. The van der Waals surface area contributed by atoms with Crippen LogP contribution in [0.25, 0.3) is 0 Å². The van der Waals surface area contributed by atoms with E-state index in [1.807, 2.05) is 6.92 Å². The van der Waals surface area contributed by atoms with Crippen LogP contribution >= 0.6 is 0 Å². The molecule has 0 unspecified atom stereocenters. The number of nitrogens with one attached hydrogen (secondary N) is 1. The zero-order chi connectivity index (χ0) is 13.3. The summed E-state index contributed by atoms with van der Waals surface area (Å²) >= 11 is 0. The van der Waals surface area contributed by atoms with Gasteiger partial charge in [-0.15, -0.1) is 0 Å². The molecular formula is C12H14F2N4. The lowest BCUT2D eigenvalue weighted by molar-refractivity contribution is 0.587. The number of nitrogens with zero attached hydrogens (tertiary/aromatic N) is 2.